The second kappa shape index (κ2) is 5.74. The summed E-state index contributed by atoms with van der Waals surface area (Å²) >= 11 is 0. The molecule has 1 atom stereocenters. The van der Waals surface area contributed by atoms with Gasteiger partial charge in [0.05, 0.1) is 0 Å². The van der Waals surface area contributed by atoms with Gasteiger partial charge in [-0.2, -0.15) is 0 Å². The van der Waals surface area contributed by atoms with Crippen LogP contribution in [0.2, 0.25) is 0 Å². The maximum absolute atomic E-state index is 13.5. The summed E-state index contributed by atoms with van der Waals surface area (Å²) in [7, 11) is 0. The van der Waals surface area contributed by atoms with Crippen LogP contribution >= 0.6 is 0 Å². The van der Waals surface area contributed by atoms with Crippen LogP contribution in [0.4, 0.5) is 8.78 Å². The lowest BCUT2D eigenvalue weighted by Gasteiger charge is -2.11. The van der Waals surface area contributed by atoms with E-state index in [1.807, 2.05) is 30.3 Å². The van der Waals surface area contributed by atoms with Crippen molar-refractivity contribution < 1.29 is 13.6 Å². The molecule has 0 saturated heterocycles. The van der Waals surface area contributed by atoms with E-state index >= 15 is 0 Å². The minimum atomic E-state index is -0.934. The zero-order chi connectivity index (χ0) is 13.8. The number of hydrogen-bond acceptors (Lipinski definition) is 1. The lowest BCUT2D eigenvalue weighted by atomic mass is 9.92. The SMILES string of the molecule is CC(C(=O)Cc1cccc(F)c1F)c1ccccc1. The number of rotatable bonds is 4. The maximum atomic E-state index is 13.5. The highest BCUT2D eigenvalue weighted by atomic mass is 19.2. The fraction of sp³-hybridized carbons (Fsp3) is 0.188. The van der Waals surface area contributed by atoms with Crippen molar-refractivity contribution in [3.63, 3.8) is 0 Å². The first-order valence-electron chi connectivity index (χ1n) is 6.10. The summed E-state index contributed by atoms with van der Waals surface area (Å²) < 4.78 is 26.6. The molecule has 2 rings (SSSR count). The topological polar surface area (TPSA) is 17.1 Å². The van der Waals surface area contributed by atoms with Crippen molar-refractivity contribution in [3.05, 3.63) is 71.3 Å². The normalized spacial score (nSPS) is 12.2. The Morgan fingerprint density at radius 2 is 1.74 bits per heavy atom. The summed E-state index contributed by atoms with van der Waals surface area (Å²) in [6.07, 6.45) is -0.0976. The number of hydrogen-bond donors (Lipinski definition) is 0. The molecule has 3 heteroatoms. The fourth-order valence-corrected chi connectivity index (χ4v) is 1.95. The van der Waals surface area contributed by atoms with Gasteiger partial charge in [0.1, 0.15) is 5.78 Å². The van der Waals surface area contributed by atoms with E-state index in [1.165, 1.54) is 12.1 Å². The molecule has 0 fully saturated rings. The van der Waals surface area contributed by atoms with Gasteiger partial charge in [-0.15, -0.1) is 0 Å². The molecule has 0 radical (unpaired) electrons. The van der Waals surface area contributed by atoms with Gasteiger partial charge in [-0.25, -0.2) is 8.78 Å². The minimum absolute atomic E-state index is 0.0976. The fourth-order valence-electron chi connectivity index (χ4n) is 1.95. The summed E-state index contributed by atoms with van der Waals surface area (Å²) in [6.45, 7) is 1.77. The first kappa shape index (κ1) is 13.4. The van der Waals surface area contributed by atoms with Crippen LogP contribution < -0.4 is 0 Å². The van der Waals surface area contributed by atoms with Crippen molar-refractivity contribution in [1.29, 1.82) is 0 Å². The van der Waals surface area contributed by atoms with Crippen LogP contribution in [0.3, 0.4) is 0 Å². The second-order valence-corrected chi connectivity index (χ2v) is 4.49. The average Bonchev–Trinajstić information content (AvgIpc) is 2.44. The van der Waals surface area contributed by atoms with Crippen LogP contribution in [0.15, 0.2) is 48.5 Å². The van der Waals surface area contributed by atoms with Crippen LogP contribution in [-0.2, 0) is 11.2 Å². The first-order valence-corrected chi connectivity index (χ1v) is 6.10. The molecule has 1 unspecified atom stereocenters. The largest absolute Gasteiger partial charge is 0.299 e. The van der Waals surface area contributed by atoms with Gasteiger partial charge in [-0.3, -0.25) is 4.79 Å². The summed E-state index contributed by atoms with van der Waals surface area (Å²) in [4.78, 5) is 12.1. The number of benzene rings is 2. The molecular weight excluding hydrogens is 246 g/mol. The Labute approximate surface area is 110 Å². The third kappa shape index (κ3) is 3.05. The molecule has 0 amide bonds. The lowest BCUT2D eigenvalue weighted by molar-refractivity contribution is -0.119. The van der Waals surface area contributed by atoms with Crippen molar-refractivity contribution in [2.45, 2.75) is 19.3 Å². The first-order chi connectivity index (χ1) is 9.09. The molecule has 0 aliphatic carbocycles. The minimum Gasteiger partial charge on any atom is -0.299 e. The Bertz CT molecular complexity index is 579. The van der Waals surface area contributed by atoms with Crippen molar-refractivity contribution in [3.8, 4) is 0 Å². The number of halogens is 2. The Morgan fingerprint density at radius 3 is 2.42 bits per heavy atom. The van der Waals surface area contributed by atoms with Crippen LogP contribution in [0.1, 0.15) is 24.0 Å². The molecule has 0 spiro atoms. The second-order valence-electron chi connectivity index (χ2n) is 4.49. The highest BCUT2D eigenvalue weighted by Crippen LogP contribution is 2.20. The molecule has 0 aliphatic rings. The predicted molar refractivity (Wildman–Crippen MR) is 69.9 cm³/mol. The molecular formula is C16H14F2O. The Morgan fingerprint density at radius 1 is 1.05 bits per heavy atom. The number of ketones is 1. The van der Waals surface area contributed by atoms with Gasteiger partial charge in [0, 0.05) is 12.3 Å². The van der Waals surface area contributed by atoms with Gasteiger partial charge in [0.25, 0.3) is 0 Å². The molecule has 0 aromatic heterocycles. The van der Waals surface area contributed by atoms with Crippen molar-refractivity contribution in [2.75, 3.05) is 0 Å². The summed E-state index contributed by atoms with van der Waals surface area (Å²) in [5.41, 5.74) is 0.983. The summed E-state index contributed by atoms with van der Waals surface area (Å²) in [6, 6.07) is 13.2. The van der Waals surface area contributed by atoms with E-state index in [1.54, 1.807) is 6.92 Å². The zero-order valence-corrected chi connectivity index (χ0v) is 10.6. The molecule has 0 aliphatic heterocycles. The Hall–Kier alpha value is -2.03. The van der Waals surface area contributed by atoms with Crippen LogP contribution in [0.5, 0.6) is 0 Å². The van der Waals surface area contributed by atoms with Gasteiger partial charge in [0.2, 0.25) is 0 Å². The average molecular weight is 260 g/mol. The highest BCUT2D eigenvalue weighted by molar-refractivity contribution is 5.87. The van der Waals surface area contributed by atoms with Gasteiger partial charge < -0.3 is 0 Å². The number of Topliss-reactive ketones (excluding diaryl/α,β-unsaturated/α-hetero) is 1. The molecule has 19 heavy (non-hydrogen) atoms. The molecule has 0 heterocycles. The molecule has 0 N–H and O–H groups in total. The Balaban J connectivity index is 2.15. The van der Waals surface area contributed by atoms with Gasteiger partial charge >= 0.3 is 0 Å². The molecule has 1 nitrogen and oxygen atoms in total. The zero-order valence-electron chi connectivity index (χ0n) is 10.6. The summed E-state index contributed by atoms with van der Waals surface area (Å²) in [5, 5.41) is 0. The maximum Gasteiger partial charge on any atom is 0.162 e. The van der Waals surface area contributed by atoms with Crippen molar-refractivity contribution in [2.24, 2.45) is 0 Å². The van der Waals surface area contributed by atoms with Crippen LogP contribution in [0, 0.1) is 11.6 Å². The monoisotopic (exact) mass is 260 g/mol. The number of carbonyl (C=O) groups is 1. The van der Waals surface area contributed by atoms with E-state index < -0.39 is 11.6 Å². The molecule has 0 bridgehead atoms. The quantitative estimate of drug-likeness (QED) is 0.815. The molecule has 2 aromatic rings. The third-order valence-electron chi connectivity index (χ3n) is 3.18. The van der Waals surface area contributed by atoms with E-state index in [0.29, 0.717) is 0 Å². The lowest BCUT2D eigenvalue weighted by Crippen LogP contribution is -2.13. The smallest absolute Gasteiger partial charge is 0.162 e. The predicted octanol–water partition coefficient (Wildman–Crippen LogP) is 3.88. The molecule has 2 aromatic carbocycles. The van der Waals surface area contributed by atoms with E-state index in [0.717, 1.165) is 11.6 Å². The van der Waals surface area contributed by atoms with Crippen LogP contribution in [0.25, 0.3) is 0 Å². The molecule has 98 valence electrons. The van der Waals surface area contributed by atoms with Crippen molar-refractivity contribution in [1.82, 2.24) is 0 Å². The van der Waals surface area contributed by atoms with E-state index in [4.69, 9.17) is 0 Å². The Kier molecular flexibility index (Phi) is 4.05. The van der Waals surface area contributed by atoms with E-state index in [-0.39, 0.29) is 23.7 Å². The summed E-state index contributed by atoms with van der Waals surface area (Å²) in [5.74, 6) is -2.31. The number of carbonyl (C=O) groups excluding carboxylic acids is 1. The van der Waals surface area contributed by atoms with E-state index in [2.05, 4.69) is 0 Å². The van der Waals surface area contributed by atoms with Gasteiger partial charge in [-0.05, 0) is 17.2 Å². The van der Waals surface area contributed by atoms with Gasteiger partial charge in [-0.1, -0.05) is 49.4 Å². The van der Waals surface area contributed by atoms with Gasteiger partial charge in [0.15, 0.2) is 11.6 Å². The van der Waals surface area contributed by atoms with E-state index in [9.17, 15) is 13.6 Å². The standard InChI is InChI=1S/C16H14F2O/c1-11(12-6-3-2-4-7-12)15(19)10-13-8-5-9-14(17)16(13)18/h2-9,11H,10H2,1H3. The third-order valence-corrected chi connectivity index (χ3v) is 3.18. The van der Waals surface area contributed by atoms with Crippen LogP contribution in [-0.4, -0.2) is 5.78 Å². The van der Waals surface area contributed by atoms with Crippen molar-refractivity contribution >= 4 is 5.78 Å². The highest BCUT2D eigenvalue weighted by Gasteiger charge is 2.18. The molecule has 0 saturated carbocycles.